The lowest BCUT2D eigenvalue weighted by atomic mass is 10.2. The summed E-state index contributed by atoms with van der Waals surface area (Å²) < 4.78 is 5.01. The normalized spacial score (nSPS) is 9.71. The van der Waals surface area contributed by atoms with Gasteiger partial charge in [0.25, 0.3) is 0 Å². The zero-order valence-corrected chi connectivity index (χ0v) is 12.3. The summed E-state index contributed by atoms with van der Waals surface area (Å²) >= 11 is 0. The molecule has 2 heterocycles. The molecule has 0 fully saturated rings. The van der Waals surface area contributed by atoms with Crippen molar-refractivity contribution in [1.29, 1.82) is 0 Å². The van der Waals surface area contributed by atoms with Gasteiger partial charge < -0.3 is 9.52 Å². The van der Waals surface area contributed by atoms with Crippen LogP contribution in [0.25, 0.3) is 22.0 Å². The van der Waals surface area contributed by atoms with E-state index in [-0.39, 0.29) is 23.1 Å². The number of pyridine rings is 1. The van der Waals surface area contributed by atoms with Crippen LogP contribution in [0.4, 0.5) is 0 Å². The second-order valence-corrected chi connectivity index (χ2v) is 4.17. The molecule has 5 heteroatoms. The molecule has 0 bridgehead atoms. The molecule has 0 aliphatic rings. The van der Waals surface area contributed by atoms with E-state index >= 15 is 0 Å². The van der Waals surface area contributed by atoms with Crippen LogP contribution < -0.4 is 0 Å². The summed E-state index contributed by atoms with van der Waals surface area (Å²) in [6.07, 6.45) is 3.12. The Bertz CT molecular complexity index is 810. The lowest BCUT2D eigenvalue weighted by Crippen LogP contribution is -1.76. The first kappa shape index (κ1) is 15.0. The fourth-order valence-corrected chi connectivity index (χ4v) is 1.89. The minimum absolute atomic E-state index is 0. The fourth-order valence-electron chi connectivity index (χ4n) is 1.89. The molecular weight excluding hydrogens is 279 g/mol. The van der Waals surface area contributed by atoms with Crippen LogP contribution in [-0.4, -0.2) is 32.4 Å². The largest absolute Gasteiger partial charge is 0.506 e. The molecule has 4 aromatic rings. The van der Waals surface area contributed by atoms with E-state index in [1.54, 1.807) is 18.3 Å². The van der Waals surface area contributed by atoms with Crippen LogP contribution in [0, 0.1) is 0 Å². The van der Waals surface area contributed by atoms with Gasteiger partial charge in [0.05, 0.1) is 0 Å². The van der Waals surface area contributed by atoms with E-state index < -0.39 is 0 Å². The molecule has 0 saturated carbocycles. The van der Waals surface area contributed by atoms with Crippen molar-refractivity contribution in [2.45, 2.75) is 0 Å². The molecule has 2 aromatic carbocycles. The average molecular weight is 291 g/mol. The van der Waals surface area contributed by atoms with Crippen LogP contribution in [0.2, 0.25) is 0 Å². The number of rotatable bonds is 0. The Labute approximate surface area is 132 Å². The third-order valence-corrected chi connectivity index (χ3v) is 2.85. The summed E-state index contributed by atoms with van der Waals surface area (Å²) in [5, 5.41) is 10.3. The molecule has 2 aromatic heterocycles. The predicted molar refractivity (Wildman–Crippen MR) is 83.2 cm³/mol. The van der Waals surface area contributed by atoms with Gasteiger partial charge in [0.2, 0.25) is 0 Å². The van der Waals surface area contributed by atoms with Crippen LogP contribution in [0.15, 0.2) is 71.6 Å². The third-order valence-electron chi connectivity index (χ3n) is 2.85. The Morgan fingerprint density at radius 1 is 0.857 bits per heavy atom. The number of oxazole rings is 1. The molecule has 3 radical (unpaired) electrons. The van der Waals surface area contributed by atoms with Gasteiger partial charge in [-0.15, -0.1) is 0 Å². The topological polar surface area (TPSA) is 59.2 Å². The molecule has 0 amide bonds. The maximum absolute atomic E-state index is 9.31. The van der Waals surface area contributed by atoms with E-state index in [2.05, 4.69) is 9.97 Å². The second-order valence-electron chi connectivity index (χ2n) is 4.17. The number of hydrogen-bond donors (Lipinski definition) is 1. The van der Waals surface area contributed by atoms with E-state index in [0.717, 1.165) is 16.5 Å². The van der Waals surface area contributed by atoms with Gasteiger partial charge in [-0.1, -0.05) is 30.3 Å². The quantitative estimate of drug-likeness (QED) is 0.504. The molecule has 0 saturated heterocycles. The molecule has 0 spiro atoms. The Kier molecular flexibility index (Phi) is 4.94. The van der Waals surface area contributed by atoms with Gasteiger partial charge in [0.15, 0.2) is 12.0 Å². The molecule has 21 heavy (non-hydrogen) atoms. The van der Waals surface area contributed by atoms with Gasteiger partial charge in [0.1, 0.15) is 16.8 Å². The van der Waals surface area contributed by atoms with Crippen molar-refractivity contribution < 1.29 is 9.52 Å². The van der Waals surface area contributed by atoms with Crippen molar-refractivity contribution in [2.75, 3.05) is 0 Å². The maximum atomic E-state index is 9.31. The number of fused-ring (bicyclic) bond motifs is 2. The molecule has 0 aliphatic carbocycles. The first-order chi connectivity index (χ1) is 9.84. The number of aromatic nitrogens is 2. The number of phenols is 1. The fraction of sp³-hybridized carbons (Fsp3) is 0. The van der Waals surface area contributed by atoms with Gasteiger partial charge >= 0.3 is 0 Å². The van der Waals surface area contributed by atoms with Gasteiger partial charge in [-0.2, -0.15) is 0 Å². The zero-order chi connectivity index (χ0) is 13.8. The first-order valence-electron chi connectivity index (χ1n) is 6.15. The minimum atomic E-state index is 0. The SMILES string of the molecule is Oc1cccc2cccnc12.[Al].c1ccc2ocnc2c1. The van der Waals surface area contributed by atoms with Crippen molar-refractivity contribution in [3.05, 3.63) is 67.2 Å². The standard InChI is InChI=1S/C9H7NO.C7H5NO.Al/c11-8-5-1-3-7-4-2-6-10-9(7)8;1-2-4-7-6(3-1)8-5-9-7;/h1-6,11H;1-5H;. The Balaban J connectivity index is 0.000000149. The lowest BCUT2D eigenvalue weighted by Gasteiger charge is -1.96. The molecule has 4 nitrogen and oxygen atoms in total. The highest BCUT2D eigenvalue weighted by molar-refractivity contribution is 5.83. The van der Waals surface area contributed by atoms with E-state index in [4.69, 9.17) is 4.42 Å². The smallest absolute Gasteiger partial charge is 0.181 e. The average Bonchev–Trinajstić information content (AvgIpc) is 2.97. The van der Waals surface area contributed by atoms with Gasteiger partial charge in [0, 0.05) is 28.9 Å². The minimum Gasteiger partial charge on any atom is -0.506 e. The summed E-state index contributed by atoms with van der Waals surface area (Å²) in [4.78, 5) is 7.98. The highest BCUT2D eigenvalue weighted by atomic mass is 27.0. The first-order valence-corrected chi connectivity index (χ1v) is 6.15. The van der Waals surface area contributed by atoms with Crippen molar-refractivity contribution >= 4 is 39.4 Å². The zero-order valence-electron chi connectivity index (χ0n) is 11.2. The summed E-state index contributed by atoms with van der Waals surface area (Å²) in [7, 11) is 0. The monoisotopic (exact) mass is 291 g/mol. The molecule has 1 N–H and O–H groups in total. The number of para-hydroxylation sites is 3. The van der Waals surface area contributed by atoms with Crippen LogP contribution in [0.1, 0.15) is 0 Å². The third kappa shape index (κ3) is 3.40. The summed E-state index contributed by atoms with van der Waals surface area (Å²) in [5.41, 5.74) is 2.42. The molecule has 0 unspecified atom stereocenters. The van der Waals surface area contributed by atoms with Gasteiger partial charge in [-0.3, -0.25) is 4.98 Å². The number of phenolic OH excluding ortho intramolecular Hbond substituents is 1. The van der Waals surface area contributed by atoms with E-state index in [0.29, 0.717) is 5.52 Å². The number of aromatic hydroxyl groups is 1. The summed E-state index contributed by atoms with van der Waals surface area (Å²) in [6.45, 7) is 0. The molecule has 4 rings (SSSR count). The second kappa shape index (κ2) is 6.89. The Morgan fingerprint density at radius 2 is 1.67 bits per heavy atom. The lowest BCUT2D eigenvalue weighted by molar-refractivity contribution is 0.480. The predicted octanol–water partition coefficient (Wildman–Crippen LogP) is 3.39. The summed E-state index contributed by atoms with van der Waals surface area (Å²) in [5.74, 6) is 0.239. The van der Waals surface area contributed by atoms with Gasteiger partial charge in [-0.05, 0) is 24.3 Å². The van der Waals surface area contributed by atoms with Crippen molar-refractivity contribution in [3.63, 3.8) is 0 Å². The number of benzene rings is 2. The van der Waals surface area contributed by atoms with Crippen LogP contribution in [0.5, 0.6) is 5.75 Å². The molecule has 101 valence electrons. The molecule has 0 aliphatic heterocycles. The number of nitrogens with zero attached hydrogens (tertiary/aromatic N) is 2. The number of hydrogen-bond acceptors (Lipinski definition) is 4. The highest BCUT2D eigenvalue weighted by Crippen LogP contribution is 2.20. The van der Waals surface area contributed by atoms with Crippen LogP contribution in [-0.2, 0) is 0 Å². The Morgan fingerprint density at radius 3 is 2.48 bits per heavy atom. The van der Waals surface area contributed by atoms with E-state index in [9.17, 15) is 5.11 Å². The summed E-state index contributed by atoms with van der Waals surface area (Å²) in [6, 6.07) is 16.8. The van der Waals surface area contributed by atoms with Crippen molar-refractivity contribution in [2.24, 2.45) is 0 Å². The highest BCUT2D eigenvalue weighted by Gasteiger charge is 1.96. The van der Waals surface area contributed by atoms with Crippen molar-refractivity contribution in [3.8, 4) is 5.75 Å². The molecule has 0 atom stereocenters. The van der Waals surface area contributed by atoms with Crippen LogP contribution in [0.3, 0.4) is 0 Å². The van der Waals surface area contributed by atoms with E-state index in [1.165, 1.54) is 6.39 Å². The van der Waals surface area contributed by atoms with E-state index in [1.807, 2.05) is 42.5 Å². The van der Waals surface area contributed by atoms with Gasteiger partial charge in [-0.25, -0.2) is 4.98 Å². The molecular formula is C16H12AlN2O2. The maximum Gasteiger partial charge on any atom is 0.181 e. The van der Waals surface area contributed by atoms with Crippen molar-refractivity contribution in [1.82, 2.24) is 9.97 Å². The Hall–Kier alpha value is -2.35. The van der Waals surface area contributed by atoms with Crippen LogP contribution >= 0.6 is 0 Å².